The summed E-state index contributed by atoms with van der Waals surface area (Å²) in [6.07, 6.45) is 2.25. The maximum atomic E-state index is 13.2. The largest absolute Gasteiger partial charge is 0.345 e. The predicted octanol–water partition coefficient (Wildman–Crippen LogP) is 1.55. The average Bonchev–Trinajstić information content (AvgIpc) is 3.32. The van der Waals surface area contributed by atoms with Crippen molar-refractivity contribution >= 4 is 21.6 Å². The van der Waals surface area contributed by atoms with Gasteiger partial charge in [0, 0.05) is 46.0 Å². The molecule has 0 saturated carbocycles. The summed E-state index contributed by atoms with van der Waals surface area (Å²) < 4.78 is 29.5. The van der Waals surface area contributed by atoms with Crippen LogP contribution in [0.25, 0.3) is 0 Å². The Morgan fingerprint density at radius 3 is 2.50 bits per heavy atom. The van der Waals surface area contributed by atoms with Gasteiger partial charge in [-0.15, -0.1) is 0 Å². The van der Waals surface area contributed by atoms with E-state index in [2.05, 4.69) is 11.8 Å². The predicted molar refractivity (Wildman–Crippen MR) is 108 cm³/mol. The van der Waals surface area contributed by atoms with E-state index in [1.807, 2.05) is 29.2 Å². The molecule has 2 aliphatic heterocycles. The number of nitrogens with zero attached hydrogens (tertiary/aromatic N) is 4. The van der Waals surface area contributed by atoms with Gasteiger partial charge in [0.15, 0.2) is 0 Å². The van der Waals surface area contributed by atoms with Crippen LogP contribution < -0.4 is 4.31 Å². The molecule has 8 heteroatoms. The van der Waals surface area contributed by atoms with Crippen molar-refractivity contribution in [2.45, 2.75) is 18.2 Å². The number of hydrogen-bond donors (Lipinski definition) is 0. The lowest BCUT2D eigenvalue weighted by Crippen LogP contribution is -2.48. The van der Waals surface area contributed by atoms with E-state index >= 15 is 0 Å². The molecule has 0 spiro atoms. The van der Waals surface area contributed by atoms with Crippen LogP contribution >= 0.6 is 0 Å². The Kier molecular flexibility index (Phi) is 4.93. The van der Waals surface area contributed by atoms with Crippen molar-refractivity contribution in [3.63, 3.8) is 0 Å². The summed E-state index contributed by atoms with van der Waals surface area (Å²) in [5, 5.41) is 0. The lowest BCUT2D eigenvalue weighted by molar-refractivity contribution is 0.0634. The van der Waals surface area contributed by atoms with E-state index in [4.69, 9.17) is 0 Å². The van der Waals surface area contributed by atoms with Gasteiger partial charge in [-0.25, -0.2) is 8.42 Å². The third-order valence-corrected chi connectivity index (χ3v) is 7.52. The summed E-state index contributed by atoms with van der Waals surface area (Å²) in [7, 11) is -1.97. The standard InChI is InChI=1S/C20H26N4O3S/c1-3-22-10-12-23(13-11-22)20(25)19-14-17(15-21(19)2)28(26,27)24-9-8-16-6-4-5-7-18(16)24/h4-7,14-15H,3,8-13H2,1-2H3. The van der Waals surface area contributed by atoms with Gasteiger partial charge in [-0.1, -0.05) is 25.1 Å². The Morgan fingerprint density at radius 2 is 1.79 bits per heavy atom. The maximum absolute atomic E-state index is 13.2. The van der Waals surface area contributed by atoms with Crippen LogP contribution in [-0.2, 0) is 23.5 Å². The van der Waals surface area contributed by atoms with Crippen LogP contribution in [0.3, 0.4) is 0 Å². The van der Waals surface area contributed by atoms with Crippen molar-refractivity contribution in [1.29, 1.82) is 0 Å². The number of fused-ring (bicyclic) bond motifs is 1. The molecule has 3 heterocycles. The normalized spacial score (nSPS) is 17.8. The molecular formula is C20H26N4O3S. The number of aryl methyl sites for hydroxylation is 1. The second kappa shape index (κ2) is 7.25. The number of rotatable bonds is 4. The van der Waals surface area contributed by atoms with E-state index in [1.165, 1.54) is 10.4 Å². The van der Waals surface area contributed by atoms with Gasteiger partial charge >= 0.3 is 0 Å². The summed E-state index contributed by atoms with van der Waals surface area (Å²) in [4.78, 5) is 17.2. The van der Waals surface area contributed by atoms with E-state index in [0.29, 0.717) is 31.7 Å². The van der Waals surface area contributed by atoms with E-state index in [1.54, 1.807) is 17.8 Å². The number of para-hydroxylation sites is 1. The Labute approximate surface area is 166 Å². The number of anilines is 1. The molecule has 0 atom stereocenters. The first kappa shape index (κ1) is 19.0. The molecule has 1 fully saturated rings. The van der Waals surface area contributed by atoms with Crippen LogP contribution in [0.1, 0.15) is 23.0 Å². The molecule has 28 heavy (non-hydrogen) atoms. The number of benzene rings is 1. The Balaban J connectivity index is 1.59. The molecule has 4 rings (SSSR count). The van der Waals surface area contributed by atoms with Crippen molar-refractivity contribution in [2.75, 3.05) is 43.6 Å². The van der Waals surface area contributed by atoms with Crippen molar-refractivity contribution in [1.82, 2.24) is 14.4 Å². The molecule has 0 aliphatic carbocycles. The second-order valence-corrected chi connectivity index (χ2v) is 9.22. The molecule has 150 valence electrons. The third-order valence-electron chi connectivity index (χ3n) is 5.74. The monoisotopic (exact) mass is 402 g/mol. The number of carbonyl (C=O) groups excluding carboxylic acids is 1. The van der Waals surface area contributed by atoms with E-state index in [0.717, 1.165) is 30.9 Å². The van der Waals surface area contributed by atoms with Crippen molar-refractivity contribution in [3.05, 3.63) is 47.8 Å². The third kappa shape index (κ3) is 3.20. The first-order chi connectivity index (χ1) is 13.4. The van der Waals surface area contributed by atoms with Crippen LogP contribution in [-0.4, -0.2) is 68.0 Å². The molecule has 2 aliphatic rings. The summed E-state index contributed by atoms with van der Waals surface area (Å²) in [6, 6.07) is 9.09. The van der Waals surface area contributed by atoms with E-state index < -0.39 is 10.0 Å². The Bertz CT molecular complexity index is 991. The highest BCUT2D eigenvalue weighted by atomic mass is 32.2. The molecule has 0 bridgehead atoms. The van der Waals surface area contributed by atoms with Crippen LogP contribution in [0.2, 0.25) is 0 Å². The van der Waals surface area contributed by atoms with Crippen LogP contribution in [0.15, 0.2) is 41.4 Å². The summed E-state index contributed by atoms with van der Waals surface area (Å²) in [5.41, 5.74) is 2.18. The van der Waals surface area contributed by atoms with Crippen LogP contribution in [0, 0.1) is 0 Å². The van der Waals surface area contributed by atoms with Crippen LogP contribution in [0.4, 0.5) is 5.69 Å². The van der Waals surface area contributed by atoms with Crippen molar-refractivity contribution in [3.8, 4) is 0 Å². The minimum atomic E-state index is -3.70. The summed E-state index contributed by atoms with van der Waals surface area (Å²) in [6.45, 7) is 6.55. The van der Waals surface area contributed by atoms with Gasteiger partial charge in [-0.3, -0.25) is 9.10 Å². The molecular weight excluding hydrogens is 376 g/mol. The number of likely N-dealkylation sites (N-methyl/N-ethyl adjacent to an activating group) is 1. The van der Waals surface area contributed by atoms with Gasteiger partial charge < -0.3 is 14.4 Å². The van der Waals surface area contributed by atoms with Gasteiger partial charge in [-0.05, 0) is 30.7 Å². The number of aromatic nitrogens is 1. The minimum absolute atomic E-state index is 0.110. The molecule has 7 nitrogen and oxygen atoms in total. The van der Waals surface area contributed by atoms with Gasteiger partial charge in [0.1, 0.15) is 10.6 Å². The fourth-order valence-electron chi connectivity index (χ4n) is 4.00. The lowest BCUT2D eigenvalue weighted by atomic mass is 10.2. The number of sulfonamides is 1. The lowest BCUT2D eigenvalue weighted by Gasteiger charge is -2.34. The molecule has 1 aromatic heterocycles. The second-order valence-electron chi connectivity index (χ2n) is 7.35. The first-order valence-electron chi connectivity index (χ1n) is 9.70. The number of amides is 1. The fourth-order valence-corrected chi connectivity index (χ4v) is 5.58. The molecule has 1 saturated heterocycles. The number of hydrogen-bond acceptors (Lipinski definition) is 4. The Hall–Kier alpha value is -2.32. The zero-order valence-electron chi connectivity index (χ0n) is 16.3. The maximum Gasteiger partial charge on any atom is 0.270 e. The quantitative estimate of drug-likeness (QED) is 0.778. The van der Waals surface area contributed by atoms with Gasteiger partial charge in [0.25, 0.3) is 15.9 Å². The highest BCUT2D eigenvalue weighted by Gasteiger charge is 2.33. The van der Waals surface area contributed by atoms with Crippen molar-refractivity contribution in [2.24, 2.45) is 7.05 Å². The zero-order chi connectivity index (χ0) is 19.9. The molecule has 0 unspecified atom stereocenters. The number of piperazine rings is 1. The van der Waals surface area contributed by atoms with Crippen molar-refractivity contribution < 1.29 is 13.2 Å². The fraction of sp³-hybridized carbons (Fsp3) is 0.450. The summed E-state index contributed by atoms with van der Waals surface area (Å²) in [5.74, 6) is -0.110. The van der Waals surface area contributed by atoms with Gasteiger partial charge in [0.2, 0.25) is 0 Å². The molecule has 2 aromatic rings. The Morgan fingerprint density at radius 1 is 1.07 bits per heavy atom. The smallest absolute Gasteiger partial charge is 0.270 e. The SMILES string of the molecule is CCN1CCN(C(=O)c2cc(S(=O)(=O)N3CCc4ccccc43)cn2C)CC1. The zero-order valence-corrected chi connectivity index (χ0v) is 17.2. The topological polar surface area (TPSA) is 65.9 Å². The number of carbonyl (C=O) groups is 1. The van der Waals surface area contributed by atoms with Gasteiger partial charge in [0.05, 0.1) is 5.69 Å². The summed E-state index contributed by atoms with van der Waals surface area (Å²) >= 11 is 0. The van der Waals surface area contributed by atoms with Gasteiger partial charge in [-0.2, -0.15) is 0 Å². The average molecular weight is 403 g/mol. The van der Waals surface area contributed by atoms with E-state index in [9.17, 15) is 13.2 Å². The highest BCUT2D eigenvalue weighted by Crippen LogP contribution is 2.33. The van der Waals surface area contributed by atoms with Crippen LogP contribution in [0.5, 0.6) is 0 Å². The highest BCUT2D eigenvalue weighted by molar-refractivity contribution is 7.92. The minimum Gasteiger partial charge on any atom is -0.345 e. The molecule has 1 amide bonds. The molecule has 0 N–H and O–H groups in total. The molecule has 1 aromatic carbocycles. The molecule has 0 radical (unpaired) electrons. The van der Waals surface area contributed by atoms with E-state index in [-0.39, 0.29) is 10.8 Å². The first-order valence-corrected chi connectivity index (χ1v) is 11.1.